The minimum Gasteiger partial charge on any atom is -0.374 e. The van der Waals surface area contributed by atoms with Crippen LogP contribution in [0.15, 0.2) is 73.2 Å². The van der Waals surface area contributed by atoms with Gasteiger partial charge in [-0.3, -0.25) is 9.59 Å². The zero-order valence-electron chi connectivity index (χ0n) is 25.8. The Hall–Kier alpha value is -4.57. The lowest BCUT2D eigenvalue weighted by molar-refractivity contribution is -0.131. The number of alkyl halides is 1. The lowest BCUT2D eigenvalue weighted by atomic mass is 9.77. The Kier molecular flexibility index (Phi) is 7.12. The summed E-state index contributed by atoms with van der Waals surface area (Å²) in [6.07, 6.45) is 9.60. The van der Waals surface area contributed by atoms with Gasteiger partial charge in [-0.25, -0.2) is 14.4 Å². The van der Waals surface area contributed by atoms with Crippen LogP contribution in [0.25, 0.3) is 16.8 Å². The predicted octanol–water partition coefficient (Wildman–Crippen LogP) is 5.27. The van der Waals surface area contributed by atoms with E-state index in [9.17, 15) is 14.0 Å². The van der Waals surface area contributed by atoms with Crippen LogP contribution in [0.3, 0.4) is 0 Å². The minimum absolute atomic E-state index is 0.183. The first-order valence-corrected chi connectivity index (χ1v) is 16.2. The van der Waals surface area contributed by atoms with Crippen molar-refractivity contribution in [2.75, 3.05) is 23.4 Å². The highest BCUT2D eigenvalue weighted by molar-refractivity contribution is 6.00. The molecule has 4 heterocycles. The number of pyridine rings is 1. The van der Waals surface area contributed by atoms with Crippen molar-refractivity contribution < 1.29 is 18.7 Å². The molecule has 2 saturated heterocycles. The van der Waals surface area contributed by atoms with E-state index in [0.29, 0.717) is 18.2 Å². The van der Waals surface area contributed by atoms with Gasteiger partial charge in [0.15, 0.2) is 5.67 Å². The number of anilines is 2. The van der Waals surface area contributed by atoms with Crippen molar-refractivity contribution >= 4 is 23.3 Å². The van der Waals surface area contributed by atoms with Gasteiger partial charge >= 0.3 is 0 Å². The molecule has 2 aliphatic carbocycles. The number of fused-ring (bicyclic) bond motifs is 3. The number of amides is 2. The van der Waals surface area contributed by atoms with Gasteiger partial charge in [0.25, 0.3) is 5.91 Å². The van der Waals surface area contributed by atoms with Gasteiger partial charge in [0.05, 0.1) is 18.8 Å². The van der Waals surface area contributed by atoms with E-state index in [1.54, 1.807) is 6.20 Å². The summed E-state index contributed by atoms with van der Waals surface area (Å²) in [5.74, 6) is 0.430. The maximum atomic E-state index is 15.0. The van der Waals surface area contributed by atoms with Crippen LogP contribution in [-0.4, -0.2) is 63.4 Å². The van der Waals surface area contributed by atoms with Crippen molar-refractivity contribution in [1.82, 2.24) is 19.9 Å². The highest BCUT2D eigenvalue weighted by atomic mass is 19.1. The van der Waals surface area contributed by atoms with Crippen molar-refractivity contribution in [2.24, 2.45) is 0 Å². The zero-order chi connectivity index (χ0) is 31.4. The second-order valence-corrected chi connectivity index (χ2v) is 13.1. The van der Waals surface area contributed by atoms with E-state index in [-0.39, 0.29) is 30.8 Å². The minimum atomic E-state index is -1.89. The van der Waals surface area contributed by atoms with Crippen LogP contribution in [0.5, 0.6) is 0 Å². The number of aromatic nitrogens is 3. The molecule has 10 heteroatoms. The zero-order valence-corrected chi connectivity index (χ0v) is 25.8. The molecule has 2 bridgehead atoms. The molecule has 46 heavy (non-hydrogen) atoms. The third-order valence-electron chi connectivity index (χ3n) is 10.1. The van der Waals surface area contributed by atoms with Crippen LogP contribution < -0.4 is 15.5 Å². The first-order valence-electron chi connectivity index (χ1n) is 16.2. The average Bonchev–Trinajstić information content (AvgIpc) is 3.40. The molecule has 236 valence electrons. The summed E-state index contributed by atoms with van der Waals surface area (Å²) in [7, 11) is 0. The third-order valence-corrected chi connectivity index (χ3v) is 10.1. The van der Waals surface area contributed by atoms with E-state index >= 15 is 0 Å². The fraction of sp³-hybridized carbons (Fsp3) is 0.389. The Morgan fingerprint density at radius 2 is 1.87 bits per heavy atom. The molecule has 0 radical (unpaired) electrons. The Morgan fingerprint density at radius 3 is 2.59 bits per heavy atom. The van der Waals surface area contributed by atoms with Gasteiger partial charge in [0.1, 0.15) is 17.7 Å². The second-order valence-electron chi connectivity index (χ2n) is 13.1. The van der Waals surface area contributed by atoms with Crippen LogP contribution >= 0.6 is 0 Å². The molecule has 9 nitrogen and oxygen atoms in total. The number of carbonyl (C=O) groups excluding carboxylic acids is 2. The first kappa shape index (κ1) is 28.9. The average molecular weight is 621 g/mol. The monoisotopic (exact) mass is 620 g/mol. The van der Waals surface area contributed by atoms with Crippen molar-refractivity contribution in [3.8, 4) is 16.8 Å². The SMILES string of the molecule is Cc1nccn1-c1ccc(NC(=O)[C@@H](NC(=O)C2(F)CC2)[C@@H]2CCCc3ccc(-c4ccnc(N5C[C@H]6C[C@@H]5CO6)c4)cc32)cc1. The summed E-state index contributed by atoms with van der Waals surface area (Å²) >= 11 is 0. The number of hydrogen-bond donors (Lipinski definition) is 2. The highest BCUT2D eigenvalue weighted by Crippen LogP contribution is 2.42. The van der Waals surface area contributed by atoms with Crippen LogP contribution in [0.4, 0.5) is 15.9 Å². The maximum absolute atomic E-state index is 15.0. The highest BCUT2D eigenvalue weighted by Gasteiger charge is 2.52. The molecule has 4 aliphatic rings. The molecule has 4 aromatic rings. The van der Waals surface area contributed by atoms with Crippen molar-refractivity contribution in [3.05, 3.63) is 90.1 Å². The number of hydrogen-bond acceptors (Lipinski definition) is 6. The third kappa shape index (κ3) is 5.34. The lowest BCUT2D eigenvalue weighted by Crippen LogP contribution is -2.51. The quantitative estimate of drug-likeness (QED) is 0.279. The second kappa shape index (κ2) is 11.3. The molecule has 8 rings (SSSR count). The molecule has 3 fully saturated rings. The number of halogens is 1. The largest absolute Gasteiger partial charge is 0.374 e. The molecule has 2 aromatic carbocycles. The van der Waals surface area contributed by atoms with Crippen LogP contribution in [-0.2, 0) is 20.7 Å². The molecule has 2 N–H and O–H groups in total. The number of ether oxygens (including phenoxy) is 1. The molecular formula is C36H37FN6O3. The summed E-state index contributed by atoms with van der Waals surface area (Å²) in [6.45, 7) is 3.51. The maximum Gasteiger partial charge on any atom is 0.258 e. The molecule has 2 amide bonds. The summed E-state index contributed by atoms with van der Waals surface area (Å²) < 4.78 is 22.7. The molecule has 4 atom stereocenters. The lowest BCUT2D eigenvalue weighted by Gasteiger charge is -2.33. The Labute approximate surface area is 267 Å². The van der Waals surface area contributed by atoms with E-state index in [2.05, 4.69) is 49.8 Å². The molecule has 0 spiro atoms. The molecular weight excluding hydrogens is 583 g/mol. The van der Waals surface area contributed by atoms with Crippen molar-refractivity contribution in [3.63, 3.8) is 0 Å². The topological polar surface area (TPSA) is 101 Å². The number of nitrogens with zero attached hydrogens (tertiary/aromatic N) is 4. The number of benzene rings is 2. The standard InChI is InChI=1S/C36H37FN6O3/c1-22-38-15-16-42(22)27-9-7-26(8-10-27)40-34(44)33(41-35(45)36(37)12-13-36)30-4-2-3-23-5-6-24(17-31(23)30)25-11-14-39-32(18-25)43-20-29-19-28(43)21-46-29/h5-11,14-18,28-30,33H,2-4,12-13,19-21H2,1H3,(H,40,44)(H,41,45)/t28-,29-,30-,33+/m1/s1. The normalized spacial score (nSPS) is 23.1. The smallest absolute Gasteiger partial charge is 0.258 e. The molecule has 2 aromatic heterocycles. The van der Waals surface area contributed by atoms with E-state index in [1.165, 1.54) is 0 Å². The van der Waals surface area contributed by atoms with Crippen LogP contribution in [0, 0.1) is 6.92 Å². The number of aryl methyl sites for hydroxylation is 2. The van der Waals surface area contributed by atoms with Crippen molar-refractivity contribution in [2.45, 2.75) is 75.2 Å². The van der Waals surface area contributed by atoms with E-state index < -0.39 is 17.6 Å². The van der Waals surface area contributed by atoms with E-state index in [1.807, 2.05) is 54.2 Å². The predicted molar refractivity (Wildman–Crippen MR) is 173 cm³/mol. The number of rotatable bonds is 8. The Morgan fingerprint density at radius 1 is 1.04 bits per heavy atom. The Bertz CT molecular complexity index is 1800. The van der Waals surface area contributed by atoms with E-state index in [0.717, 1.165) is 72.0 Å². The van der Waals surface area contributed by atoms with Crippen LogP contribution in [0.2, 0.25) is 0 Å². The number of carbonyl (C=O) groups is 2. The number of morpholine rings is 1. The van der Waals surface area contributed by atoms with Crippen LogP contribution in [0.1, 0.15) is 55.0 Å². The van der Waals surface area contributed by atoms with Gasteiger partial charge in [0, 0.05) is 42.4 Å². The summed E-state index contributed by atoms with van der Waals surface area (Å²) in [5, 5.41) is 5.85. The fourth-order valence-corrected chi connectivity index (χ4v) is 7.33. The van der Waals surface area contributed by atoms with Gasteiger partial charge in [-0.1, -0.05) is 18.2 Å². The van der Waals surface area contributed by atoms with Gasteiger partial charge < -0.3 is 24.8 Å². The first-order chi connectivity index (χ1) is 22.3. The summed E-state index contributed by atoms with van der Waals surface area (Å²) in [4.78, 5) is 38.4. The number of nitrogens with one attached hydrogen (secondary N) is 2. The van der Waals surface area contributed by atoms with Gasteiger partial charge in [-0.15, -0.1) is 0 Å². The van der Waals surface area contributed by atoms with Gasteiger partial charge in [-0.05, 0) is 104 Å². The fourth-order valence-electron chi connectivity index (χ4n) is 7.33. The Balaban J connectivity index is 1.08. The van der Waals surface area contributed by atoms with Gasteiger partial charge in [0.2, 0.25) is 5.91 Å². The van der Waals surface area contributed by atoms with E-state index in [4.69, 9.17) is 4.74 Å². The number of imidazole rings is 1. The molecule has 2 aliphatic heterocycles. The summed E-state index contributed by atoms with van der Waals surface area (Å²) in [5.41, 5.74) is 3.86. The molecule has 0 unspecified atom stereocenters. The van der Waals surface area contributed by atoms with Crippen molar-refractivity contribution in [1.29, 1.82) is 0 Å². The molecule has 1 saturated carbocycles. The summed E-state index contributed by atoms with van der Waals surface area (Å²) in [6, 6.07) is 17.4. The van der Waals surface area contributed by atoms with Gasteiger partial charge in [-0.2, -0.15) is 0 Å².